The first-order valence-electron chi connectivity index (χ1n) is 9.12. The van der Waals surface area contributed by atoms with Gasteiger partial charge in [-0.3, -0.25) is 20.2 Å². The van der Waals surface area contributed by atoms with Gasteiger partial charge < -0.3 is 9.97 Å². The van der Waals surface area contributed by atoms with Crippen LogP contribution >= 0.6 is 0 Å². The Balaban J connectivity index is 1.41. The van der Waals surface area contributed by atoms with Gasteiger partial charge in [0.2, 0.25) is 11.1 Å². The van der Waals surface area contributed by atoms with Crippen LogP contribution in [-0.2, 0) is 12.8 Å². The summed E-state index contributed by atoms with van der Waals surface area (Å²) in [5.74, 6) is 0. The van der Waals surface area contributed by atoms with Crippen molar-refractivity contribution in [1.82, 2.24) is 20.6 Å². The maximum absolute atomic E-state index is 11.5. The van der Waals surface area contributed by atoms with Gasteiger partial charge in [0.15, 0.2) is 0 Å². The van der Waals surface area contributed by atoms with Crippen LogP contribution in [0.25, 0.3) is 0 Å². The molecule has 0 fully saturated rings. The van der Waals surface area contributed by atoms with Crippen LogP contribution < -0.4 is 21.8 Å². The average molecular weight is 340 g/mol. The van der Waals surface area contributed by atoms with E-state index in [2.05, 4.69) is 20.6 Å². The van der Waals surface area contributed by atoms with Crippen molar-refractivity contribution in [1.29, 1.82) is 0 Å². The Morgan fingerprint density at radius 3 is 1.76 bits per heavy atom. The number of aryl methyl sites for hydroxylation is 2. The molecule has 6 nitrogen and oxygen atoms in total. The van der Waals surface area contributed by atoms with Crippen molar-refractivity contribution in [3.05, 3.63) is 67.5 Å². The lowest BCUT2D eigenvalue weighted by atomic mass is 9.91. The number of H-pyrrole nitrogens is 2. The van der Waals surface area contributed by atoms with E-state index in [0.717, 1.165) is 49.9 Å². The van der Waals surface area contributed by atoms with E-state index in [-0.39, 0.29) is 23.2 Å². The summed E-state index contributed by atoms with van der Waals surface area (Å²) >= 11 is 0. The Bertz CT molecular complexity index is 799. The van der Waals surface area contributed by atoms with Crippen LogP contribution in [0.15, 0.2) is 33.9 Å². The van der Waals surface area contributed by atoms with Gasteiger partial charge in [0, 0.05) is 42.3 Å². The molecule has 0 bridgehead atoms. The van der Waals surface area contributed by atoms with Crippen molar-refractivity contribution in [2.75, 3.05) is 6.67 Å². The third-order valence-electron chi connectivity index (χ3n) is 5.36. The minimum absolute atomic E-state index is 0.0228. The van der Waals surface area contributed by atoms with E-state index in [4.69, 9.17) is 0 Å². The fourth-order valence-corrected chi connectivity index (χ4v) is 4.13. The molecular formula is C19H24N4O2. The normalized spacial score (nSPS) is 22.2. The smallest absolute Gasteiger partial charge is 0.248 e. The fraction of sp³-hybridized carbons (Fsp3) is 0.474. The molecule has 0 saturated heterocycles. The van der Waals surface area contributed by atoms with Gasteiger partial charge in [0.1, 0.15) is 0 Å². The highest BCUT2D eigenvalue weighted by Gasteiger charge is 2.23. The molecule has 2 unspecified atom stereocenters. The third-order valence-corrected chi connectivity index (χ3v) is 5.36. The summed E-state index contributed by atoms with van der Waals surface area (Å²) in [4.78, 5) is 28.9. The maximum Gasteiger partial charge on any atom is 0.248 e. The zero-order valence-corrected chi connectivity index (χ0v) is 14.2. The monoisotopic (exact) mass is 340 g/mol. The molecule has 0 spiro atoms. The van der Waals surface area contributed by atoms with Gasteiger partial charge in [-0.05, 0) is 49.7 Å². The molecule has 0 saturated carbocycles. The first-order chi connectivity index (χ1) is 12.2. The molecule has 25 heavy (non-hydrogen) atoms. The highest BCUT2D eigenvalue weighted by molar-refractivity contribution is 5.27. The summed E-state index contributed by atoms with van der Waals surface area (Å²) < 4.78 is 0. The number of aromatic amines is 2. The summed E-state index contributed by atoms with van der Waals surface area (Å²) in [6, 6.07) is 7.66. The number of nitrogens with one attached hydrogen (secondary N) is 4. The first kappa shape index (κ1) is 16.3. The molecule has 0 amide bonds. The molecule has 0 aromatic carbocycles. The van der Waals surface area contributed by atoms with E-state index in [0.29, 0.717) is 6.67 Å². The van der Waals surface area contributed by atoms with Crippen LogP contribution in [0.4, 0.5) is 0 Å². The zero-order chi connectivity index (χ0) is 17.2. The lowest BCUT2D eigenvalue weighted by Crippen LogP contribution is -2.37. The van der Waals surface area contributed by atoms with Gasteiger partial charge in [-0.1, -0.05) is 12.1 Å². The number of fused-ring (bicyclic) bond motifs is 2. The summed E-state index contributed by atoms with van der Waals surface area (Å²) in [6.07, 6.45) is 6.21. The highest BCUT2D eigenvalue weighted by atomic mass is 16.1. The topological polar surface area (TPSA) is 89.8 Å². The Hall–Kier alpha value is -2.18. The van der Waals surface area contributed by atoms with Gasteiger partial charge in [0.25, 0.3) is 0 Å². The molecule has 2 aromatic heterocycles. The molecule has 132 valence electrons. The first-order valence-corrected chi connectivity index (χ1v) is 9.12. The number of pyridine rings is 2. The molecule has 2 aliphatic carbocycles. The minimum atomic E-state index is -0.0228. The van der Waals surface area contributed by atoms with Gasteiger partial charge in [-0.15, -0.1) is 0 Å². The average Bonchev–Trinajstić information content (AvgIpc) is 2.61. The lowest BCUT2D eigenvalue weighted by Gasteiger charge is -2.29. The van der Waals surface area contributed by atoms with Gasteiger partial charge in [-0.2, -0.15) is 0 Å². The largest absolute Gasteiger partial charge is 0.326 e. The highest BCUT2D eigenvalue weighted by Crippen LogP contribution is 2.29. The van der Waals surface area contributed by atoms with E-state index in [1.54, 1.807) is 12.1 Å². The second-order valence-electron chi connectivity index (χ2n) is 6.99. The molecule has 2 heterocycles. The van der Waals surface area contributed by atoms with Crippen molar-refractivity contribution in [3.8, 4) is 0 Å². The Kier molecular flexibility index (Phi) is 4.55. The Morgan fingerprint density at radius 1 is 0.800 bits per heavy atom. The minimum Gasteiger partial charge on any atom is -0.326 e. The molecule has 4 rings (SSSR count). The van der Waals surface area contributed by atoms with Crippen LogP contribution in [0.5, 0.6) is 0 Å². The van der Waals surface area contributed by atoms with Crippen molar-refractivity contribution in [3.63, 3.8) is 0 Å². The van der Waals surface area contributed by atoms with E-state index in [1.807, 2.05) is 12.1 Å². The quantitative estimate of drug-likeness (QED) is 0.637. The van der Waals surface area contributed by atoms with Crippen molar-refractivity contribution < 1.29 is 0 Å². The van der Waals surface area contributed by atoms with Crippen LogP contribution in [0.2, 0.25) is 0 Å². The second-order valence-corrected chi connectivity index (χ2v) is 6.99. The number of hydrogen-bond donors (Lipinski definition) is 4. The number of aromatic nitrogens is 2. The molecular weight excluding hydrogens is 316 g/mol. The molecule has 2 atom stereocenters. The molecule has 0 aliphatic heterocycles. The van der Waals surface area contributed by atoms with E-state index < -0.39 is 0 Å². The molecule has 0 radical (unpaired) electrons. The molecule has 6 heteroatoms. The van der Waals surface area contributed by atoms with Crippen molar-refractivity contribution >= 4 is 0 Å². The van der Waals surface area contributed by atoms with Gasteiger partial charge >= 0.3 is 0 Å². The van der Waals surface area contributed by atoms with E-state index in [1.165, 1.54) is 11.1 Å². The Morgan fingerprint density at radius 2 is 1.28 bits per heavy atom. The predicted molar refractivity (Wildman–Crippen MR) is 96.6 cm³/mol. The van der Waals surface area contributed by atoms with Crippen LogP contribution in [-0.4, -0.2) is 16.6 Å². The molecule has 4 N–H and O–H groups in total. The zero-order valence-electron chi connectivity index (χ0n) is 14.2. The molecule has 2 aliphatic rings. The lowest BCUT2D eigenvalue weighted by molar-refractivity contribution is 0.386. The van der Waals surface area contributed by atoms with Crippen LogP contribution in [0, 0.1) is 0 Å². The summed E-state index contributed by atoms with van der Waals surface area (Å²) in [6.45, 7) is 0.701. The standard InChI is InChI=1S/C19H24N4O2/c24-18-9-7-12-14(3-1-5-16(12)22-18)20-11-21-15-4-2-6-17-13(15)8-10-19(25)23-17/h7-10,14-15,20-21H,1-6,11H2,(H,22,24)(H,23,25). The summed E-state index contributed by atoms with van der Waals surface area (Å²) in [5, 5.41) is 7.16. The SMILES string of the molecule is O=c1ccc2c([nH]1)CCCC2NCNC1CCCc2[nH]c(=O)ccc21. The number of rotatable bonds is 4. The summed E-state index contributed by atoms with van der Waals surface area (Å²) in [7, 11) is 0. The maximum atomic E-state index is 11.5. The fourth-order valence-electron chi connectivity index (χ4n) is 4.13. The second kappa shape index (κ2) is 6.98. The van der Waals surface area contributed by atoms with E-state index >= 15 is 0 Å². The van der Waals surface area contributed by atoms with Crippen LogP contribution in [0.3, 0.4) is 0 Å². The Labute approximate surface area is 146 Å². The predicted octanol–water partition coefficient (Wildman–Crippen LogP) is 1.65. The van der Waals surface area contributed by atoms with Crippen LogP contribution in [0.1, 0.15) is 60.3 Å². The van der Waals surface area contributed by atoms with Crippen molar-refractivity contribution in [2.24, 2.45) is 0 Å². The van der Waals surface area contributed by atoms with Gasteiger partial charge in [0.05, 0.1) is 0 Å². The third kappa shape index (κ3) is 3.45. The number of hydrogen-bond acceptors (Lipinski definition) is 4. The van der Waals surface area contributed by atoms with Gasteiger partial charge in [-0.25, -0.2) is 0 Å². The van der Waals surface area contributed by atoms with E-state index in [9.17, 15) is 9.59 Å². The molecule has 2 aromatic rings. The van der Waals surface area contributed by atoms with Crippen molar-refractivity contribution in [2.45, 2.75) is 50.6 Å². The summed E-state index contributed by atoms with van der Waals surface area (Å²) in [5.41, 5.74) is 4.51.